The van der Waals surface area contributed by atoms with Gasteiger partial charge in [0.15, 0.2) is 5.82 Å². The van der Waals surface area contributed by atoms with E-state index in [-0.39, 0.29) is 6.04 Å². The van der Waals surface area contributed by atoms with Crippen LogP contribution in [0.3, 0.4) is 0 Å². The zero-order valence-electron chi connectivity index (χ0n) is 17.2. The van der Waals surface area contributed by atoms with Gasteiger partial charge in [-0.1, -0.05) is 23.7 Å². The van der Waals surface area contributed by atoms with Gasteiger partial charge in [-0.15, -0.1) is 10.2 Å². The van der Waals surface area contributed by atoms with E-state index in [4.69, 9.17) is 16.7 Å². The summed E-state index contributed by atoms with van der Waals surface area (Å²) in [4.78, 5) is 16.9. The molecule has 2 aromatic heterocycles. The normalized spacial score (nSPS) is 14.8. The Hall–Kier alpha value is -3.40. The molecular formula is C22H19ClF3N5O2. The number of benzene rings is 1. The average molecular weight is 478 g/mol. The number of anilines is 1. The fourth-order valence-electron chi connectivity index (χ4n) is 3.79. The van der Waals surface area contributed by atoms with Crippen molar-refractivity contribution in [2.24, 2.45) is 0 Å². The van der Waals surface area contributed by atoms with Crippen molar-refractivity contribution in [3.63, 3.8) is 0 Å². The Morgan fingerprint density at radius 3 is 2.39 bits per heavy atom. The number of carbonyl (C=O) groups is 1. The molecule has 0 spiro atoms. The summed E-state index contributed by atoms with van der Waals surface area (Å²) < 4.78 is 38.9. The largest absolute Gasteiger partial charge is 0.465 e. The fraction of sp³-hybridized carbons (Fsp3) is 0.273. The summed E-state index contributed by atoms with van der Waals surface area (Å²) in [5, 5.41) is 20.4. The number of amides is 1. The first-order chi connectivity index (χ1) is 15.7. The molecule has 4 rings (SSSR count). The van der Waals surface area contributed by atoms with E-state index in [0.717, 1.165) is 12.1 Å². The molecule has 3 heterocycles. The number of hydrogen-bond donors (Lipinski definition) is 2. The smallest absolute Gasteiger partial charge is 0.416 e. The van der Waals surface area contributed by atoms with Gasteiger partial charge in [-0.05, 0) is 37.1 Å². The van der Waals surface area contributed by atoms with Gasteiger partial charge in [-0.25, -0.2) is 4.79 Å². The highest BCUT2D eigenvalue weighted by molar-refractivity contribution is 6.33. The quantitative estimate of drug-likeness (QED) is 0.542. The van der Waals surface area contributed by atoms with Crippen molar-refractivity contribution >= 4 is 23.5 Å². The van der Waals surface area contributed by atoms with Crippen LogP contribution in [-0.2, 0) is 6.18 Å². The van der Waals surface area contributed by atoms with Crippen LogP contribution in [0, 0.1) is 0 Å². The maximum atomic E-state index is 13.0. The first kappa shape index (κ1) is 22.8. The summed E-state index contributed by atoms with van der Waals surface area (Å²) in [6.07, 6.45) is -1.21. The number of nitrogens with zero attached hydrogens (tertiary/aromatic N) is 4. The van der Waals surface area contributed by atoms with Crippen LogP contribution in [0.15, 0.2) is 48.8 Å². The lowest BCUT2D eigenvalue weighted by molar-refractivity contribution is -0.137. The lowest BCUT2D eigenvalue weighted by atomic mass is 9.99. The maximum absolute atomic E-state index is 13.0. The van der Waals surface area contributed by atoms with E-state index in [1.807, 2.05) is 4.90 Å². The topological polar surface area (TPSA) is 91.2 Å². The van der Waals surface area contributed by atoms with E-state index in [9.17, 15) is 18.0 Å². The monoisotopic (exact) mass is 477 g/mol. The van der Waals surface area contributed by atoms with E-state index >= 15 is 0 Å². The minimum Gasteiger partial charge on any atom is -0.465 e. The summed E-state index contributed by atoms with van der Waals surface area (Å²) in [7, 11) is 0. The van der Waals surface area contributed by atoms with Crippen LogP contribution in [0.2, 0.25) is 5.02 Å². The lowest BCUT2D eigenvalue weighted by Crippen LogP contribution is -2.44. The van der Waals surface area contributed by atoms with Gasteiger partial charge >= 0.3 is 12.3 Å². The number of halogens is 4. The van der Waals surface area contributed by atoms with E-state index in [1.165, 1.54) is 18.3 Å². The second kappa shape index (κ2) is 9.22. The minimum absolute atomic E-state index is 0.132. The first-order valence-electron chi connectivity index (χ1n) is 10.1. The van der Waals surface area contributed by atoms with Crippen molar-refractivity contribution in [2.75, 3.05) is 18.0 Å². The SMILES string of the molecule is O=C(O)NC1CCN(c2cc(-c3ccncc3Cl)c(-c3ccc(C(F)(F)F)cc3)nn2)CC1. The van der Waals surface area contributed by atoms with E-state index in [1.54, 1.807) is 18.3 Å². The Bertz CT molecular complexity index is 1150. The van der Waals surface area contributed by atoms with Crippen molar-refractivity contribution in [2.45, 2.75) is 25.1 Å². The van der Waals surface area contributed by atoms with Crippen molar-refractivity contribution in [1.29, 1.82) is 0 Å². The molecule has 2 N–H and O–H groups in total. The number of alkyl halides is 3. The van der Waals surface area contributed by atoms with Crippen LogP contribution in [0.25, 0.3) is 22.4 Å². The van der Waals surface area contributed by atoms with Crippen LogP contribution >= 0.6 is 11.6 Å². The van der Waals surface area contributed by atoms with Gasteiger partial charge in [-0.2, -0.15) is 13.2 Å². The van der Waals surface area contributed by atoms with Gasteiger partial charge in [0, 0.05) is 48.2 Å². The molecule has 1 amide bonds. The highest BCUT2D eigenvalue weighted by Crippen LogP contribution is 2.37. The Morgan fingerprint density at radius 1 is 1.09 bits per heavy atom. The van der Waals surface area contributed by atoms with Gasteiger partial charge in [-0.3, -0.25) is 4.98 Å². The molecule has 0 unspecified atom stereocenters. The zero-order chi connectivity index (χ0) is 23.6. The van der Waals surface area contributed by atoms with Crippen molar-refractivity contribution in [3.8, 4) is 22.4 Å². The third-order valence-corrected chi connectivity index (χ3v) is 5.78. The minimum atomic E-state index is -4.44. The molecule has 0 atom stereocenters. The highest BCUT2D eigenvalue weighted by Gasteiger charge is 2.30. The molecule has 1 saturated heterocycles. The number of rotatable bonds is 4. The predicted molar refractivity (Wildman–Crippen MR) is 117 cm³/mol. The maximum Gasteiger partial charge on any atom is 0.416 e. The van der Waals surface area contributed by atoms with Gasteiger partial charge < -0.3 is 15.3 Å². The molecule has 7 nitrogen and oxygen atoms in total. The molecule has 1 aliphatic heterocycles. The molecule has 172 valence electrons. The van der Waals surface area contributed by atoms with Crippen LogP contribution in [-0.4, -0.2) is 45.5 Å². The molecule has 0 bridgehead atoms. The van der Waals surface area contributed by atoms with Gasteiger partial charge in [0.2, 0.25) is 0 Å². The van der Waals surface area contributed by atoms with Gasteiger partial charge in [0.1, 0.15) is 5.69 Å². The highest BCUT2D eigenvalue weighted by atomic mass is 35.5. The second-order valence-electron chi connectivity index (χ2n) is 7.61. The lowest BCUT2D eigenvalue weighted by Gasteiger charge is -2.32. The molecule has 1 aromatic carbocycles. The number of hydrogen-bond acceptors (Lipinski definition) is 5. The Kier molecular flexibility index (Phi) is 6.37. The Balaban J connectivity index is 1.70. The number of pyridine rings is 1. The molecule has 3 aromatic rings. The number of aromatic nitrogens is 3. The third kappa shape index (κ3) is 5.16. The summed E-state index contributed by atoms with van der Waals surface area (Å²) in [6, 6.07) is 8.09. The zero-order valence-corrected chi connectivity index (χ0v) is 17.9. The Labute approximate surface area is 192 Å². The van der Waals surface area contributed by atoms with Crippen molar-refractivity contribution in [3.05, 3.63) is 59.4 Å². The third-order valence-electron chi connectivity index (χ3n) is 5.48. The van der Waals surface area contributed by atoms with Crippen LogP contribution in [0.4, 0.5) is 23.8 Å². The summed E-state index contributed by atoms with van der Waals surface area (Å²) in [5.41, 5.74) is 1.34. The van der Waals surface area contributed by atoms with Gasteiger partial charge in [0.25, 0.3) is 0 Å². The predicted octanol–water partition coefficient (Wildman–Crippen LogP) is 5.11. The fourth-order valence-corrected chi connectivity index (χ4v) is 4.01. The van der Waals surface area contributed by atoms with E-state index in [0.29, 0.717) is 59.2 Å². The average Bonchev–Trinajstić information content (AvgIpc) is 2.79. The molecule has 33 heavy (non-hydrogen) atoms. The Morgan fingerprint density at radius 2 is 1.79 bits per heavy atom. The molecular weight excluding hydrogens is 459 g/mol. The van der Waals surface area contributed by atoms with E-state index in [2.05, 4.69) is 20.5 Å². The van der Waals surface area contributed by atoms with Crippen LogP contribution in [0.1, 0.15) is 18.4 Å². The molecule has 1 fully saturated rings. The molecule has 1 aliphatic rings. The molecule has 0 radical (unpaired) electrons. The van der Waals surface area contributed by atoms with Crippen molar-refractivity contribution < 1.29 is 23.1 Å². The van der Waals surface area contributed by atoms with Crippen LogP contribution < -0.4 is 10.2 Å². The first-order valence-corrected chi connectivity index (χ1v) is 10.5. The number of nitrogens with one attached hydrogen (secondary N) is 1. The standard InChI is InChI=1S/C22H19ClF3N5O2/c23-18-12-27-8-5-16(18)17-11-19(31-9-6-15(7-10-31)28-21(32)33)29-30-20(17)13-1-3-14(4-2-13)22(24,25)26/h1-5,8,11-12,15,28H,6-7,9-10H2,(H,32,33). The summed E-state index contributed by atoms with van der Waals surface area (Å²) in [5.74, 6) is 0.572. The molecule has 0 aliphatic carbocycles. The van der Waals surface area contributed by atoms with Crippen LogP contribution in [0.5, 0.6) is 0 Å². The molecule has 11 heteroatoms. The molecule has 0 saturated carbocycles. The van der Waals surface area contributed by atoms with Crippen molar-refractivity contribution in [1.82, 2.24) is 20.5 Å². The summed E-state index contributed by atoms with van der Waals surface area (Å²) in [6.45, 7) is 1.14. The summed E-state index contributed by atoms with van der Waals surface area (Å²) >= 11 is 6.37. The second-order valence-corrected chi connectivity index (χ2v) is 8.01. The van der Waals surface area contributed by atoms with E-state index < -0.39 is 17.8 Å². The van der Waals surface area contributed by atoms with Gasteiger partial charge in [0.05, 0.1) is 10.6 Å². The number of carboxylic acid groups (broad SMARTS) is 1. The number of piperidine rings is 1.